The van der Waals surface area contributed by atoms with E-state index in [0.29, 0.717) is 22.5 Å². The molecule has 0 aliphatic carbocycles. The van der Waals surface area contributed by atoms with E-state index in [1.807, 2.05) is 12.2 Å². The Morgan fingerprint density at radius 3 is 2.88 bits per heavy atom. The van der Waals surface area contributed by atoms with Crippen LogP contribution in [0.5, 0.6) is 0 Å². The average Bonchev–Trinajstić information content (AvgIpc) is 3.08. The van der Waals surface area contributed by atoms with Crippen LogP contribution in [0, 0.1) is 18.2 Å². The Labute approximate surface area is 151 Å². The maximum absolute atomic E-state index is 15.1. The largest absolute Gasteiger partial charge is 0.374 e. The molecule has 0 bridgehead atoms. The van der Waals surface area contributed by atoms with E-state index in [-0.39, 0.29) is 11.7 Å². The number of likely N-dealkylation sites (N-methyl/N-ethyl adjacent to an activating group) is 1. The molecule has 0 spiro atoms. The van der Waals surface area contributed by atoms with Crippen LogP contribution in [-0.4, -0.2) is 23.1 Å². The molecule has 134 valence electrons. The van der Waals surface area contributed by atoms with Gasteiger partial charge in [-0.15, -0.1) is 0 Å². The molecule has 0 unspecified atom stereocenters. The molecule has 1 aliphatic heterocycles. The highest BCUT2D eigenvalue weighted by atomic mass is 19.1. The second-order valence-electron chi connectivity index (χ2n) is 6.09. The van der Waals surface area contributed by atoms with Crippen molar-refractivity contribution in [3.63, 3.8) is 0 Å². The summed E-state index contributed by atoms with van der Waals surface area (Å²) < 4.78 is 15.1. The van der Waals surface area contributed by atoms with E-state index in [1.54, 1.807) is 39.4 Å². The highest BCUT2D eigenvalue weighted by Crippen LogP contribution is 2.37. The smallest absolute Gasteiger partial charge is 0.152 e. The number of aromatic amines is 1. The fourth-order valence-corrected chi connectivity index (χ4v) is 2.93. The summed E-state index contributed by atoms with van der Waals surface area (Å²) in [4.78, 5) is 0. The van der Waals surface area contributed by atoms with Crippen LogP contribution in [0.15, 0.2) is 48.6 Å². The van der Waals surface area contributed by atoms with Gasteiger partial charge in [-0.05, 0) is 42.7 Å². The van der Waals surface area contributed by atoms with Crippen molar-refractivity contribution in [2.75, 3.05) is 12.4 Å². The molecule has 5 N–H and O–H groups in total. The quantitative estimate of drug-likeness (QED) is 0.430. The minimum atomic E-state index is -0.346. The van der Waals surface area contributed by atoms with Gasteiger partial charge in [0.15, 0.2) is 5.82 Å². The average molecular weight is 352 g/mol. The van der Waals surface area contributed by atoms with Crippen molar-refractivity contribution in [2.45, 2.75) is 13.8 Å². The Kier molecular flexibility index (Phi) is 4.62. The van der Waals surface area contributed by atoms with Crippen LogP contribution in [-0.2, 0) is 0 Å². The molecule has 2 aromatic rings. The lowest BCUT2D eigenvalue weighted by Crippen LogP contribution is -2.17. The maximum Gasteiger partial charge on any atom is 0.152 e. The van der Waals surface area contributed by atoms with Crippen molar-refractivity contribution in [1.82, 2.24) is 20.8 Å². The number of halogens is 1. The minimum Gasteiger partial charge on any atom is -0.374 e. The van der Waals surface area contributed by atoms with Gasteiger partial charge >= 0.3 is 0 Å². The summed E-state index contributed by atoms with van der Waals surface area (Å²) in [5, 5.41) is 24.4. The van der Waals surface area contributed by atoms with Crippen LogP contribution in [0.4, 0.5) is 10.1 Å². The fourth-order valence-electron chi connectivity index (χ4n) is 2.93. The van der Waals surface area contributed by atoms with Crippen LogP contribution < -0.4 is 16.0 Å². The first-order chi connectivity index (χ1) is 12.4. The zero-order valence-corrected chi connectivity index (χ0v) is 14.9. The molecule has 6 nitrogen and oxygen atoms in total. The molecule has 0 radical (unpaired) electrons. The molecule has 2 heterocycles. The Balaban J connectivity index is 2.20. The number of hydrogen-bond donors (Lipinski definition) is 5. The van der Waals surface area contributed by atoms with Crippen molar-refractivity contribution in [3.05, 3.63) is 65.5 Å². The standard InChI is InChI=1S/C19H21FN6/c1-10(2)25-19-17(20)11(3)16(14-9-24-26-18(14)19)12-5-6-23-13(7-12)8-15(21)22-4/h5-9,23,25H,1H2,2-4H3,(H2,21,22)(H,24,26)/b13-8-. The van der Waals surface area contributed by atoms with E-state index in [4.69, 9.17) is 5.41 Å². The van der Waals surface area contributed by atoms with Gasteiger partial charge in [0.2, 0.25) is 0 Å². The van der Waals surface area contributed by atoms with E-state index in [2.05, 4.69) is 32.7 Å². The number of anilines is 1. The number of amidine groups is 1. The van der Waals surface area contributed by atoms with Crippen LogP contribution in [0.25, 0.3) is 16.5 Å². The lowest BCUT2D eigenvalue weighted by Gasteiger charge is -2.18. The monoisotopic (exact) mass is 352 g/mol. The summed E-state index contributed by atoms with van der Waals surface area (Å²) in [5.74, 6) is -0.0724. The fraction of sp³-hybridized carbons (Fsp3) is 0.158. The summed E-state index contributed by atoms with van der Waals surface area (Å²) in [6, 6.07) is 0. The van der Waals surface area contributed by atoms with Crippen LogP contribution in [0.3, 0.4) is 0 Å². The zero-order valence-electron chi connectivity index (χ0n) is 14.9. The highest BCUT2D eigenvalue weighted by molar-refractivity contribution is 6.03. The van der Waals surface area contributed by atoms with Crippen LogP contribution in [0.2, 0.25) is 0 Å². The van der Waals surface area contributed by atoms with Gasteiger partial charge in [0, 0.05) is 36.1 Å². The Morgan fingerprint density at radius 1 is 1.42 bits per heavy atom. The van der Waals surface area contributed by atoms with Crippen molar-refractivity contribution in [2.24, 2.45) is 0 Å². The maximum atomic E-state index is 15.1. The molecule has 0 amide bonds. The summed E-state index contributed by atoms with van der Waals surface area (Å²) in [5.41, 5.74) is 4.43. The minimum absolute atomic E-state index is 0.274. The second kappa shape index (κ2) is 6.87. The molecule has 3 rings (SSSR count). The number of H-pyrrole nitrogens is 1. The summed E-state index contributed by atoms with van der Waals surface area (Å²) in [6.07, 6.45) is 8.88. The second-order valence-corrected chi connectivity index (χ2v) is 6.09. The molecule has 0 fully saturated rings. The lowest BCUT2D eigenvalue weighted by molar-refractivity contribution is 0.623. The number of aromatic nitrogens is 2. The van der Waals surface area contributed by atoms with Gasteiger partial charge < -0.3 is 16.0 Å². The predicted molar refractivity (Wildman–Crippen MR) is 104 cm³/mol. The van der Waals surface area contributed by atoms with E-state index in [1.165, 1.54) is 0 Å². The van der Waals surface area contributed by atoms with Crippen LogP contribution >= 0.6 is 0 Å². The Morgan fingerprint density at radius 2 is 2.19 bits per heavy atom. The third kappa shape index (κ3) is 3.11. The lowest BCUT2D eigenvalue weighted by atomic mass is 9.93. The Hall–Kier alpha value is -3.35. The number of nitrogens with one attached hydrogen (secondary N) is 5. The third-order valence-corrected chi connectivity index (χ3v) is 4.10. The molecule has 7 heteroatoms. The highest BCUT2D eigenvalue weighted by Gasteiger charge is 2.21. The first-order valence-electron chi connectivity index (χ1n) is 8.13. The molecule has 1 aromatic carbocycles. The molecule has 1 aromatic heterocycles. The number of allylic oxidation sites excluding steroid dienone is 4. The molecule has 0 saturated carbocycles. The first kappa shape index (κ1) is 17.5. The van der Waals surface area contributed by atoms with Gasteiger partial charge in [-0.25, -0.2) is 4.39 Å². The molecule has 0 saturated heterocycles. The number of rotatable bonds is 4. The van der Waals surface area contributed by atoms with E-state index in [9.17, 15) is 0 Å². The van der Waals surface area contributed by atoms with Gasteiger partial charge in [-0.1, -0.05) is 6.58 Å². The topological polar surface area (TPSA) is 88.6 Å². The van der Waals surface area contributed by atoms with Crippen molar-refractivity contribution < 1.29 is 4.39 Å². The molecular formula is C19H21FN6. The summed E-state index contributed by atoms with van der Waals surface area (Å²) >= 11 is 0. The van der Waals surface area contributed by atoms with Crippen LogP contribution in [0.1, 0.15) is 18.1 Å². The molecule has 26 heavy (non-hydrogen) atoms. The van der Waals surface area contributed by atoms with Gasteiger partial charge in [-0.3, -0.25) is 10.5 Å². The van der Waals surface area contributed by atoms with Crippen molar-refractivity contribution in [1.29, 1.82) is 5.41 Å². The number of benzene rings is 1. The predicted octanol–water partition coefficient (Wildman–Crippen LogP) is 3.54. The van der Waals surface area contributed by atoms with Gasteiger partial charge in [-0.2, -0.15) is 5.10 Å². The summed E-state index contributed by atoms with van der Waals surface area (Å²) in [6.45, 7) is 7.31. The Bertz CT molecular complexity index is 993. The normalized spacial score (nSPS) is 14.9. The van der Waals surface area contributed by atoms with Gasteiger partial charge in [0.25, 0.3) is 0 Å². The van der Waals surface area contributed by atoms with Gasteiger partial charge in [0.05, 0.1) is 11.7 Å². The van der Waals surface area contributed by atoms with Gasteiger partial charge in [0.1, 0.15) is 11.5 Å². The SMILES string of the molecule is C=C(C)Nc1c(F)c(C)c(C2=C/C(=C/C(=N)NC)NC=C2)c2cn[nH]c12. The first-order valence-corrected chi connectivity index (χ1v) is 8.13. The number of hydrogen-bond acceptors (Lipinski definition) is 4. The third-order valence-electron chi connectivity index (χ3n) is 4.10. The molecular weight excluding hydrogens is 331 g/mol. The van der Waals surface area contributed by atoms with Crippen molar-refractivity contribution in [3.8, 4) is 0 Å². The van der Waals surface area contributed by atoms with Crippen molar-refractivity contribution >= 4 is 28.0 Å². The number of nitrogens with zero attached hydrogens (tertiary/aromatic N) is 1. The summed E-state index contributed by atoms with van der Waals surface area (Å²) in [7, 11) is 1.69. The number of dihydropyridines is 1. The molecule has 0 atom stereocenters. The van der Waals surface area contributed by atoms with E-state index < -0.39 is 0 Å². The van der Waals surface area contributed by atoms with E-state index >= 15 is 4.39 Å². The zero-order chi connectivity index (χ0) is 18.8. The number of fused-ring (bicyclic) bond motifs is 1. The van der Waals surface area contributed by atoms with E-state index in [0.717, 1.165) is 22.2 Å². The molecule has 1 aliphatic rings.